The van der Waals surface area contributed by atoms with Gasteiger partial charge in [-0.1, -0.05) is 40.2 Å². The maximum atomic E-state index is 13.5. The van der Waals surface area contributed by atoms with E-state index in [0.717, 1.165) is 15.7 Å². The number of rotatable bonds is 5. The Balaban J connectivity index is 2.16. The largest absolute Gasteiger partial charge is 0.381 e. The third-order valence-corrected chi connectivity index (χ3v) is 3.58. The molecule has 0 amide bonds. The van der Waals surface area contributed by atoms with Gasteiger partial charge in [-0.15, -0.1) is 0 Å². The summed E-state index contributed by atoms with van der Waals surface area (Å²) >= 11 is 3.49. The third kappa shape index (κ3) is 3.55. The Hall–Kier alpha value is -1.39. The lowest BCUT2D eigenvalue weighted by molar-refractivity contribution is 0.185. The van der Waals surface area contributed by atoms with Crippen molar-refractivity contribution in [3.05, 3.63) is 63.9 Å². The van der Waals surface area contributed by atoms with Gasteiger partial charge in [-0.2, -0.15) is 0 Å². The first-order chi connectivity index (χ1) is 9.22. The van der Waals surface area contributed by atoms with Gasteiger partial charge in [-0.05, 0) is 18.2 Å². The molecule has 0 aliphatic heterocycles. The van der Waals surface area contributed by atoms with E-state index in [2.05, 4.69) is 21.2 Å². The van der Waals surface area contributed by atoms with Crippen molar-refractivity contribution in [3.8, 4) is 0 Å². The van der Waals surface area contributed by atoms with E-state index in [4.69, 9.17) is 4.74 Å². The molecular formula is C15H15BrFNO. The molecule has 2 nitrogen and oxygen atoms in total. The molecule has 0 atom stereocenters. The summed E-state index contributed by atoms with van der Waals surface area (Å²) < 4.78 is 19.7. The van der Waals surface area contributed by atoms with Crippen LogP contribution in [0.4, 0.5) is 10.1 Å². The molecule has 0 aliphatic rings. The Kier molecular flexibility index (Phi) is 4.93. The molecule has 0 saturated heterocycles. The molecule has 2 rings (SSSR count). The van der Waals surface area contributed by atoms with Crippen LogP contribution in [-0.2, 0) is 17.9 Å². The summed E-state index contributed by atoms with van der Waals surface area (Å²) in [6.07, 6.45) is 0. The lowest BCUT2D eigenvalue weighted by Gasteiger charge is -2.13. The van der Waals surface area contributed by atoms with E-state index in [1.54, 1.807) is 19.2 Å². The summed E-state index contributed by atoms with van der Waals surface area (Å²) in [7, 11) is 1.65. The van der Waals surface area contributed by atoms with Gasteiger partial charge in [-0.3, -0.25) is 0 Å². The predicted molar refractivity (Wildman–Crippen MR) is 78.6 cm³/mol. The monoisotopic (exact) mass is 323 g/mol. The van der Waals surface area contributed by atoms with Gasteiger partial charge in [0.25, 0.3) is 0 Å². The first-order valence-corrected chi connectivity index (χ1v) is 6.75. The lowest BCUT2D eigenvalue weighted by atomic mass is 10.1. The second kappa shape index (κ2) is 6.68. The molecule has 1 N–H and O–H groups in total. The van der Waals surface area contributed by atoms with Gasteiger partial charge in [0.1, 0.15) is 5.82 Å². The number of benzene rings is 2. The van der Waals surface area contributed by atoms with Crippen molar-refractivity contribution in [2.75, 3.05) is 12.4 Å². The molecule has 2 aromatic rings. The molecule has 0 spiro atoms. The average molecular weight is 324 g/mol. The minimum Gasteiger partial charge on any atom is -0.381 e. The van der Waals surface area contributed by atoms with Crippen LogP contribution in [0.15, 0.2) is 46.9 Å². The van der Waals surface area contributed by atoms with E-state index < -0.39 is 0 Å². The molecule has 0 bridgehead atoms. The average Bonchev–Trinajstić information content (AvgIpc) is 2.41. The van der Waals surface area contributed by atoms with Gasteiger partial charge in [-0.25, -0.2) is 4.39 Å². The molecule has 0 aliphatic carbocycles. The highest BCUT2D eigenvalue weighted by Crippen LogP contribution is 2.26. The fraction of sp³-hybridized carbons (Fsp3) is 0.200. The SMILES string of the molecule is COCc1c(Br)cccc1NCc1ccccc1F. The number of methoxy groups -OCH3 is 1. The molecule has 0 unspecified atom stereocenters. The van der Waals surface area contributed by atoms with Crippen LogP contribution in [0.3, 0.4) is 0 Å². The summed E-state index contributed by atoms with van der Waals surface area (Å²) in [4.78, 5) is 0. The summed E-state index contributed by atoms with van der Waals surface area (Å²) in [6, 6.07) is 12.6. The molecule has 4 heteroatoms. The predicted octanol–water partition coefficient (Wildman–Crippen LogP) is 4.35. The molecule has 100 valence electrons. The third-order valence-electron chi connectivity index (χ3n) is 2.83. The number of halogens is 2. The Morgan fingerprint density at radius 2 is 1.95 bits per heavy atom. The highest BCUT2D eigenvalue weighted by Gasteiger charge is 2.07. The van der Waals surface area contributed by atoms with E-state index >= 15 is 0 Å². The molecule has 0 saturated carbocycles. The van der Waals surface area contributed by atoms with Crippen LogP contribution in [0.1, 0.15) is 11.1 Å². The van der Waals surface area contributed by atoms with Gasteiger partial charge >= 0.3 is 0 Å². The first kappa shape index (κ1) is 14.0. The van der Waals surface area contributed by atoms with Crippen LogP contribution in [0.25, 0.3) is 0 Å². The number of hydrogen-bond donors (Lipinski definition) is 1. The van der Waals surface area contributed by atoms with Crippen LogP contribution in [0.5, 0.6) is 0 Å². The van der Waals surface area contributed by atoms with Crippen molar-refractivity contribution >= 4 is 21.6 Å². The summed E-state index contributed by atoms with van der Waals surface area (Å²) in [5.41, 5.74) is 2.62. The van der Waals surface area contributed by atoms with Crippen molar-refractivity contribution in [1.29, 1.82) is 0 Å². The maximum Gasteiger partial charge on any atom is 0.128 e. The van der Waals surface area contributed by atoms with Gasteiger partial charge in [0.2, 0.25) is 0 Å². The Morgan fingerprint density at radius 3 is 2.68 bits per heavy atom. The van der Waals surface area contributed by atoms with Crippen LogP contribution < -0.4 is 5.32 Å². The molecule has 0 fully saturated rings. The molecule has 0 heterocycles. The Labute approximate surface area is 120 Å². The van der Waals surface area contributed by atoms with E-state index in [1.807, 2.05) is 24.3 Å². The van der Waals surface area contributed by atoms with E-state index in [1.165, 1.54) is 6.07 Å². The van der Waals surface area contributed by atoms with Crippen LogP contribution in [0, 0.1) is 5.82 Å². The second-order valence-corrected chi connectivity index (χ2v) is 5.00. The van der Waals surface area contributed by atoms with Crippen LogP contribution >= 0.6 is 15.9 Å². The normalized spacial score (nSPS) is 10.5. The highest BCUT2D eigenvalue weighted by molar-refractivity contribution is 9.10. The zero-order valence-corrected chi connectivity index (χ0v) is 12.2. The molecule has 0 radical (unpaired) electrons. The number of anilines is 1. The van der Waals surface area contributed by atoms with E-state index in [-0.39, 0.29) is 5.82 Å². The minimum absolute atomic E-state index is 0.196. The van der Waals surface area contributed by atoms with Crippen molar-refractivity contribution in [2.24, 2.45) is 0 Å². The number of ether oxygens (including phenoxy) is 1. The fourth-order valence-electron chi connectivity index (χ4n) is 1.85. The van der Waals surface area contributed by atoms with Gasteiger partial charge in [0.15, 0.2) is 0 Å². The summed E-state index contributed by atoms with van der Waals surface area (Å²) in [6.45, 7) is 0.945. The first-order valence-electron chi connectivity index (χ1n) is 5.96. The topological polar surface area (TPSA) is 21.3 Å². The summed E-state index contributed by atoms with van der Waals surface area (Å²) in [5.74, 6) is -0.196. The molecular weight excluding hydrogens is 309 g/mol. The van der Waals surface area contributed by atoms with E-state index in [9.17, 15) is 4.39 Å². The van der Waals surface area contributed by atoms with E-state index in [0.29, 0.717) is 18.7 Å². The zero-order chi connectivity index (χ0) is 13.7. The molecule has 19 heavy (non-hydrogen) atoms. The Morgan fingerprint density at radius 1 is 1.16 bits per heavy atom. The van der Waals surface area contributed by atoms with Crippen LogP contribution in [-0.4, -0.2) is 7.11 Å². The quantitative estimate of drug-likeness (QED) is 0.883. The summed E-state index contributed by atoms with van der Waals surface area (Å²) in [5, 5.41) is 3.25. The zero-order valence-electron chi connectivity index (χ0n) is 10.6. The fourth-order valence-corrected chi connectivity index (χ4v) is 2.33. The van der Waals surface area contributed by atoms with Gasteiger partial charge in [0.05, 0.1) is 6.61 Å². The second-order valence-electron chi connectivity index (χ2n) is 4.14. The molecule has 0 aromatic heterocycles. The standard InChI is InChI=1S/C15H15BrFNO/c1-19-10-12-13(16)6-4-8-15(12)18-9-11-5-2-3-7-14(11)17/h2-8,18H,9-10H2,1H3. The van der Waals surface area contributed by atoms with Crippen molar-refractivity contribution < 1.29 is 9.13 Å². The Bertz CT molecular complexity index is 560. The maximum absolute atomic E-state index is 13.5. The van der Waals surface area contributed by atoms with Crippen molar-refractivity contribution in [3.63, 3.8) is 0 Å². The van der Waals surface area contributed by atoms with Crippen molar-refractivity contribution in [2.45, 2.75) is 13.2 Å². The number of nitrogens with one attached hydrogen (secondary N) is 1. The lowest BCUT2D eigenvalue weighted by Crippen LogP contribution is -2.05. The smallest absolute Gasteiger partial charge is 0.128 e. The van der Waals surface area contributed by atoms with Crippen molar-refractivity contribution in [1.82, 2.24) is 0 Å². The van der Waals surface area contributed by atoms with Gasteiger partial charge < -0.3 is 10.1 Å². The minimum atomic E-state index is -0.196. The molecule has 2 aromatic carbocycles. The van der Waals surface area contributed by atoms with Gasteiger partial charge in [0, 0.05) is 34.9 Å². The number of hydrogen-bond acceptors (Lipinski definition) is 2. The highest BCUT2D eigenvalue weighted by atomic mass is 79.9. The van der Waals surface area contributed by atoms with Crippen LogP contribution in [0.2, 0.25) is 0 Å².